The number of carbonyl (C=O) groups is 1. The summed E-state index contributed by atoms with van der Waals surface area (Å²) in [5, 5.41) is 4.37. The van der Waals surface area contributed by atoms with Gasteiger partial charge in [-0.2, -0.15) is 0 Å². The Morgan fingerprint density at radius 2 is 1.92 bits per heavy atom. The molecule has 1 aromatic carbocycles. The Hall–Kier alpha value is -0.810. The number of morpholine rings is 1. The third-order valence-corrected chi connectivity index (χ3v) is 5.95. The highest BCUT2D eigenvalue weighted by atomic mass is 35.5. The van der Waals surface area contributed by atoms with Crippen molar-refractivity contribution in [1.82, 2.24) is 10.2 Å². The van der Waals surface area contributed by atoms with E-state index < -0.39 is 0 Å². The molecule has 1 N–H and O–H groups in total. The molecule has 1 aliphatic carbocycles. The molecule has 2 fully saturated rings. The van der Waals surface area contributed by atoms with Gasteiger partial charge in [0, 0.05) is 31.6 Å². The highest BCUT2D eigenvalue weighted by Gasteiger charge is 2.31. The van der Waals surface area contributed by atoms with Crippen molar-refractivity contribution in [3.05, 3.63) is 33.8 Å². The molecule has 0 spiro atoms. The number of nitrogens with one attached hydrogen (secondary N) is 1. The van der Waals surface area contributed by atoms with E-state index in [1.807, 2.05) is 12.1 Å². The molecule has 0 bridgehead atoms. The summed E-state index contributed by atoms with van der Waals surface area (Å²) in [6.07, 6.45) is 5.83. The topological polar surface area (TPSA) is 41.6 Å². The van der Waals surface area contributed by atoms with Crippen molar-refractivity contribution in [3.8, 4) is 0 Å². The standard InChI is InChI=1S/C19H26Cl2N2O2/c20-15-7-5-14(13-16(15)21)6-8-19(24)22-17-3-1-2-4-18(17)23-9-11-25-12-10-23/h5,7,13,17-18H,1-4,6,8-12H2,(H,22,24)/t17-,18-/m1/s1. The number of amides is 1. The van der Waals surface area contributed by atoms with Gasteiger partial charge < -0.3 is 10.1 Å². The molecule has 25 heavy (non-hydrogen) atoms. The molecule has 6 heteroatoms. The highest BCUT2D eigenvalue weighted by molar-refractivity contribution is 6.42. The summed E-state index contributed by atoms with van der Waals surface area (Å²) in [6, 6.07) is 6.26. The molecule has 0 radical (unpaired) electrons. The van der Waals surface area contributed by atoms with Crippen LogP contribution in [0.2, 0.25) is 10.0 Å². The number of carbonyl (C=O) groups excluding carboxylic acids is 1. The number of ether oxygens (including phenoxy) is 1. The molecule has 1 saturated heterocycles. The fourth-order valence-corrected chi connectivity index (χ4v) is 4.18. The lowest BCUT2D eigenvalue weighted by Gasteiger charge is -2.41. The molecule has 138 valence electrons. The quantitative estimate of drug-likeness (QED) is 0.841. The molecule has 1 aromatic rings. The Morgan fingerprint density at radius 3 is 2.68 bits per heavy atom. The maximum Gasteiger partial charge on any atom is 0.220 e. The van der Waals surface area contributed by atoms with Gasteiger partial charge in [-0.3, -0.25) is 9.69 Å². The van der Waals surface area contributed by atoms with E-state index in [0.717, 1.165) is 44.7 Å². The van der Waals surface area contributed by atoms with E-state index in [1.54, 1.807) is 6.07 Å². The molecular weight excluding hydrogens is 359 g/mol. The van der Waals surface area contributed by atoms with Crippen molar-refractivity contribution in [2.45, 2.75) is 50.6 Å². The van der Waals surface area contributed by atoms with Gasteiger partial charge in [0.25, 0.3) is 0 Å². The van der Waals surface area contributed by atoms with E-state index in [-0.39, 0.29) is 11.9 Å². The summed E-state index contributed by atoms with van der Waals surface area (Å²) in [5.74, 6) is 0.122. The molecule has 1 saturated carbocycles. The van der Waals surface area contributed by atoms with Crippen LogP contribution in [0, 0.1) is 0 Å². The zero-order chi connectivity index (χ0) is 17.6. The average molecular weight is 385 g/mol. The van der Waals surface area contributed by atoms with Gasteiger partial charge in [0.05, 0.1) is 23.3 Å². The maximum atomic E-state index is 12.5. The number of nitrogens with zero attached hydrogens (tertiary/aromatic N) is 1. The van der Waals surface area contributed by atoms with Crippen LogP contribution in [-0.4, -0.2) is 49.2 Å². The minimum absolute atomic E-state index is 0.122. The third-order valence-electron chi connectivity index (χ3n) is 5.22. The predicted molar refractivity (Wildman–Crippen MR) is 101 cm³/mol. The number of hydrogen-bond donors (Lipinski definition) is 1. The summed E-state index contributed by atoms with van der Waals surface area (Å²) in [4.78, 5) is 14.9. The first kappa shape index (κ1) is 19.0. The van der Waals surface area contributed by atoms with Crippen LogP contribution in [0.25, 0.3) is 0 Å². The zero-order valence-electron chi connectivity index (χ0n) is 14.5. The summed E-state index contributed by atoms with van der Waals surface area (Å²) >= 11 is 12.0. The first-order valence-corrected chi connectivity index (χ1v) is 9.94. The largest absolute Gasteiger partial charge is 0.379 e. The van der Waals surface area contributed by atoms with Crippen LogP contribution in [0.1, 0.15) is 37.7 Å². The van der Waals surface area contributed by atoms with Gasteiger partial charge in [0.1, 0.15) is 0 Å². The number of aryl methyl sites for hydroxylation is 1. The fraction of sp³-hybridized carbons (Fsp3) is 0.632. The van der Waals surface area contributed by atoms with Gasteiger partial charge in [0.2, 0.25) is 5.91 Å². The van der Waals surface area contributed by atoms with E-state index in [9.17, 15) is 4.79 Å². The molecule has 0 aromatic heterocycles. The van der Waals surface area contributed by atoms with Crippen molar-refractivity contribution in [1.29, 1.82) is 0 Å². The second kappa shape index (κ2) is 9.22. The van der Waals surface area contributed by atoms with Gasteiger partial charge in [-0.05, 0) is 37.0 Å². The van der Waals surface area contributed by atoms with Gasteiger partial charge in [-0.15, -0.1) is 0 Å². The van der Waals surface area contributed by atoms with Gasteiger partial charge in [-0.25, -0.2) is 0 Å². The summed E-state index contributed by atoms with van der Waals surface area (Å²) < 4.78 is 5.46. The molecule has 2 atom stereocenters. The molecule has 4 nitrogen and oxygen atoms in total. The van der Waals surface area contributed by atoms with Crippen molar-refractivity contribution >= 4 is 29.1 Å². The maximum absolute atomic E-state index is 12.5. The monoisotopic (exact) mass is 384 g/mol. The Kier molecular flexibility index (Phi) is 7.00. The van der Waals surface area contributed by atoms with Crippen LogP contribution in [0.5, 0.6) is 0 Å². The molecule has 1 aliphatic heterocycles. The fourth-order valence-electron chi connectivity index (χ4n) is 3.86. The summed E-state index contributed by atoms with van der Waals surface area (Å²) in [7, 11) is 0. The van der Waals surface area contributed by atoms with Crippen LogP contribution in [0.3, 0.4) is 0 Å². The third kappa shape index (κ3) is 5.33. The number of hydrogen-bond acceptors (Lipinski definition) is 3. The smallest absolute Gasteiger partial charge is 0.220 e. The lowest BCUT2D eigenvalue weighted by atomic mass is 9.88. The van der Waals surface area contributed by atoms with E-state index in [4.69, 9.17) is 27.9 Å². The first-order chi connectivity index (χ1) is 12.1. The Balaban J connectivity index is 1.52. The normalized spacial score (nSPS) is 24.9. The van der Waals surface area contributed by atoms with Crippen LogP contribution >= 0.6 is 23.2 Å². The Labute approximate surface area is 159 Å². The minimum Gasteiger partial charge on any atom is -0.379 e. The lowest BCUT2D eigenvalue weighted by Crippen LogP contribution is -2.55. The molecule has 0 unspecified atom stereocenters. The van der Waals surface area contributed by atoms with Crippen molar-refractivity contribution in [3.63, 3.8) is 0 Å². The summed E-state index contributed by atoms with van der Waals surface area (Å²) in [6.45, 7) is 3.55. The SMILES string of the molecule is O=C(CCc1ccc(Cl)c(Cl)c1)N[C@@H]1CCCC[C@H]1N1CCOCC1. The molecule has 1 amide bonds. The predicted octanol–water partition coefficient (Wildman–Crippen LogP) is 3.69. The second-order valence-electron chi connectivity index (χ2n) is 6.92. The van der Waals surface area contributed by atoms with Gasteiger partial charge >= 0.3 is 0 Å². The van der Waals surface area contributed by atoms with Crippen molar-refractivity contribution < 1.29 is 9.53 Å². The molecule has 2 aliphatic rings. The van der Waals surface area contributed by atoms with Crippen molar-refractivity contribution in [2.24, 2.45) is 0 Å². The van der Waals surface area contributed by atoms with Crippen LogP contribution in [-0.2, 0) is 16.0 Å². The molecule has 1 heterocycles. The Morgan fingerprint density at radius 1 is 1.16 bits per heavy atom. The second-order valence-corrected chi connectivity index (χ2v) is 7.74. The molecule has 3 rings (SSSR count). The van der Waals surface area contributed by atoms with Crippen LogP contribution in [0.4, 0.5) is 0 Å². The van der Waals surface area contributed by atoms with Crippen molar-refractivity contribution in [2.75, 3.05) is 26.3 Å². The Bertz CT molecular complexity index is 591. The minimum atomic E-state index is 0.122. The van der Waals surface area contributed by atoms with Crippen LogP contribution in [0.15, 0.2) is 18.2 Å². The van der Waals surface area contributed by atoms with Crippen LogP contribution < -0.4 is 5.32 Å². The van der Waals surface area contributed by atoms with E-state index in [1.165, 1.54) is 12.8 Å². The van der Waals surface area contributed by atoms with Gasteiger partial charge in [0.15, 0.2) is 0 Å². The zero-order valence-corrected chi connectivity index (χ0v) is 16.0. The average Bonchev–Trinajstić information content (AvgIpc) is 2.64. The lowest BCUT2D eigenvalue weighted by molar-refractivity contribution is -0.122. The number of benzene rings is 1. The highest BCUT2D eigenvalue weighted by Crippen LogP contribution is 2.25. The number of halogens is 2. The van der Waals surface area contributed by atoms with E-state index in [0.29, 0.717) is 28.9 Å². The number of rotatable bonds is 5. The summed E-state index contributed by atoms with van der Waals surface area (Å²) in [5.41, 5.74) is 1.04. The van der Waals surface area contributed by atoms with E-state index in [2.05, 4.69) is 10.2 Å². The van der Waals surface area contributed by atoms with Gasteiger partial charge in [-0.1, -0.05) is 42.1 Å². The first-order valence-electron chi connectivity index (χ1n) is 9.18. The molecular formula is C19H26Cl2N2O2. The van der Waals surface area contributed by atoms with E-state index >= 15 is 0 Å².